The number of likely N-dealkylation sites (N-methyl/N-ethyl adjacent to an activating group) is 1. The van der Waals surface area contributed by atoms with Crippen LogP contribution in [-0.4, -0.2) is 66.2 Å². The van der Waals surface area contributed by atoms with Crippen molar-refractivity contribution in [2.45, 2.75) is 13.1 Å². The lowest BCUT2D eigenvalue weighted by atomic mass is 10.2. The van der Waals surface area contributed by atoms with Crippen LogP contribution in [0.1, 0.15) is 17.3 Å². The smallest absolute Gasteiger partial charge is 0.422 e. The number of alkyl halides is 3. The molecule has 0 atom stereocenters. The van der Waals surface area contributed by atoms with Crippen LogP contribution >= 0.6 is 0 Å². The number of hydrogen-bond donors (Lipinski definition) is 0. The molecule has 1 fully saturated rings. The van der Waals surface area contributed by atoms with Crippen LogP contribution in [0, 0.1) is 0 Å². The number of halogens is 3. The zero-order valence-corrected chi connectivity index (χ0v) is 12.3. The van der Waals surface area contributed by atoms with Crippen LogP contribution in [0.15, 0.2) is 18.3 Å². The molecular formula is C14H18F3N3O2. The summed E-state index contributed by atoms with van der Waals surface area (Å²) in [6, 6.07) is 2.72. The molecule has 2 rings (SSSR count). The highest BCUT2D eigenvalue weighted by molar-refractivity contribution is 5.94. The van der Waals surface area contributed by atoms with Gasteiger partial charge in [-0.05, 0) is 12.6 Å². The lowest BCUT2D eigenvalue weighted by Crippen LogP contribution is -2.48. The highest BCUT2D eigenvalue weighted by Gasteiger charge is 2.28. The van der Waals surface area contributed by atoms with Gasteiger partial charge in [-0.2, -0.15) is 13.2 Å². The molecule has 1 saturated heterocycles. The van der Waals surface area contributed by atoms with Gasteiger partial charge in [0.25, 0.3) is 5.91 Å². The summed E-state index contributed by atoms with van der Waals surface area (Å²) in [5.41, 5.74) is 0.351. The lowest BCUT2D eigenvalue weighted by Gasteiger charge is -2.34. The Labute approximate surface area is 126 Å². The Bertz CT molecular complexity index is 497. The molecule has 0 aliphatic carbocycles. The first-order chi connectivity index (χ1) is 10.4. The van der Waals surface area contributed by atoms with Gasteiger partial charge in [0.15, 0.2) is 6.61 Å². The maximum absolute atomic E-state index is 12.3. The van der Waals surface area contributed by atoms with E-state index in [1.54, 1.807) is 4.90 Å². The van der Waals surface area contributed by atoms with Gasteiger partial charge in [-0.3, -0.25) is 4.79 Å². The van der Waals surface area contributed by atoms with E-state index in [0.717, 1.165) is 19.6 Å². The topological polar surface area (TPSA) is 45.7 Å². The van der Waals surface area contributed by atoms with E-state index in [-0.39, 0.29) is 11.8 Å². The van der Waals surface area contributed by atoms with E-state index in [1.165, 1.54) is 18.3 Å². The van der Waals surface area contributed by atoms with E-state index in [9.17, 15) is 18.0 Å². The number of carbonyl (C=O) groups is 1. The first-order valence-electron chi connectivity index (χ1n) is 7.06. The van der Waals surface area contributed by atoms with E-state index in [1.807, 2.05) is 0 Å². The second kappa shape index (κ2) is 6.95. The fraction of sp³-hybridized carbons (Fsp3) is 0.571. The molecular weight excluding hydrogens is 299 g/mol. The second-order valence-electron chi connectivity index (χ2n) is 5.02. The average Bonchev–Trinajstić information content (AvgIpc) is 2.52. The quantitative estimate of drug-likeness (QED) is 0.849. The van der Waals surface area contributed by atoms with Crippen LogP contribution in [0.4, 0.5) is 13.2 Å². The molecule has 1 aromatic heterocycles. The Hall–Kier alpha value is -1.83. The third kappa shape index (κ3) is 4.59. The molecule has 0 aromatic carbocycles. The Morgan fingerprint density at radius 3 is 2.45 bits per heavy atom. The molecule has 0 unspecified atom stereocenters. The summed E-state index contributed by atoms with van der Waals surface area (Å²) in [6.45, 7) is 4.55. The first-order valence-corrected chi connectivity index (χ1v) is 7.06. The van der Waals surface area contributed by atoms with Crippen molar-refractivity contribution in [3.05, 3.63) is 23.9 Å². The minimum absolute atomic E-state index is 0.148. The zero-order valence-electron chi connectivity index (χ0n) is 12.3. The highest BCUT2D eigenvalue weighted by Crippen LogP contribution is 2.17. The van der Waals surface area contributed by atoms with E-state index in [2.05, 4.69) is 21.5 Å². The number of carbonyl (C=O) groups excluding carboxylic acids is 1. The molecule has 0 bridgehead atoms. The Balaban J connectivity index is 1.91. The molecule has 22 heavy (non-hydrogen) atoms. The normalized spacial score (nSPS) is 16.6. The Morgan fingerprint density at radius 1 is 1.27 bits per heavy atom. The summed E-state index contributed by atoms with van der Waals surface area (Å²) in [4.78, 5) is 20.0. The summed E-state index contributed by atoms with van der Waals surface area (Å²) in [5.74, 6) is -0.310. The van der Waals surface area contributed by atoms with Gasteiger partial charge in [-0.15, -0.1) is 0 Å². The van der Waals surface area contributed by atoms with Crippen LogP contribution in [0.5, 0.6) is 5.88 Å². The molecule has 0 N–H and O–H groups in total. The standard InChI is InChI=1S/C14H18F3N3O2/c1-2-19-5-7-20(8-6-19)13(21)11-3-4-12(18-9-11)22-10-14(15,16)17/h3-4,9H,2,5-8,10H2,1H3. The van der Waals surface area contributed by atoms with Crippen molar-refractivity contribution >= 4 is 5.91 Å². The predicted octanol–water partition coefficient (Wildman–Crippen LogP) is 1.80. The van der Waals surface area contributed by atoms with Gasteiger partial charge in [0.1, 0.15) is 0 Å². The number of nitrogens with zero attached hydrogens (tertiary/aromatic N) is 3. The largest absolute Gasteiger partial charge is 0.468 e. The molecule has 8 heteroatoms. The summed E-state index contributed by atoms with van der Waals surface area (Å²) in [7, 11) is 0. The maximum Gasteiger partial charge on any atom is 0.422 e. The zero-order chi connectivity index (χ0) is 16.2. The monoisotopic (exact) mass is 317 g/mol. The van der Waals surface area contributed by atoms with Crippen molar-refractivity contribution in [2.24, 2.45) is 0 Å². The molecule has 1 aromatic rings. The van der Waals surface area contributed by atoms with Gasteiger partial charge in [-0.25, -0.2) is 4.98 Å². The van der Waals surface area contributed by atoms with Crippen molar-refractivity contribution < 1.29 is 22.7 Å². The van der Waals surface area contributed by atoms with Crippen LogP contribution < -0.4 is 4.74 Å². The molecule has 0 radical (unpaired) electrons. The summed E-state index contributed by atoms with van der Waals surface area (Å²) >= 11 is 0. The molecule has 1 amide bonds. The second-order valence-corrected chi connectivity index (χ2v) is 5.02. The molecule has 0 saturated carbocycles. The number of piperazine rings is 1. The number of amides is 1. The van der Waals surface area contributed by atoms with Crippen molar-refractivity contribution in [1.29, 1.82) is 0 Å². The molecule has 0 spiro atoms. The van der Waals surface area contributed by atoms with Crippen LogP contribution in [0.2, 0.25) is 0 Å². The van der Waals surface area contributed by atoms with Gasteiger partial charge in [0.2, 0.25) is 5.88 Å². The predicted molar refractivity (Wildman–Crippen MR) is 73.8 cm³/mol. The summed E-state index contributed by atoms with van der Waals surface area (Å²) < 4.78 is 40.6. The fourth-order valence-electron chi connectivity index (χ4n) is 2.20. The van der Waals surface area contributed by atoms with Crippen molar-refractivity contribution in [1.82, 2.24) is 14.8 Å². The molecule has 5 nitrogen and oxygen atoms in total. The van der Waals surface area contributed by atoms with Crippen molar-refractivity contribution in [3.63, 3.8) is 0 Å². The van der Waals surface area contributed by atoms with Gasteiger partial charge in [0.05, 0.1) is 5.56 Å². The van der Waals surface area contributed by atoms with Gasteiger partial charge < -0.3 is 14.5 Å². The minimum atomic E-state index is -4.41. The SMILES string of the molecule is CCN1CCN(C(=O)c2ccc(OCC(F)(F)F)nc2)CC1. The highest BCUT2D eigenvalue weighted by atomic mass is 19.4. The molecule has 122 valence electrons. The number of rotatable bonds is 4. The number of ether oxygens (including phenoxy) is 1. The molecule has 1 aliphatic heterocycles. The van der Waals surface area contributed by atoms with Gasteiger partial charge in [-0.1, -0.05) is 6.92 Å². The average molecular weight is 317 g/mol. The van der Waals surface area contributed by atoms with E-state index < -0.39 is 12.8 Å². The number of hydrogen-bond acceptors (Lipinski definition) is 4. The number of aromatic nitrogens is 1. The Morgan fingerprint density at radius 2 is 1.95 bits per heavy atom. The third-order valence-corrected chi connectivity index (χ3v) is 3.47. The summed E-state index contributed by atoms with van der Waals surface area (Å²) in [6.07, 6.45) is -3.16. The van der Waals surface area contributed by atoms with Gasteiger partial charge in [0, 0.05) is 38.4 Å². The minimum Gasteiger partial charge on any atom is -0.468 e. The summed E-state index contributed by atoms with van der Waals surface area (Å²) in [5, 5.41) is 0. The molecule has 1 aliphatic rings. The van der Waals surface area contributed by atoms with Crippen LogP contribution in [0.3, 0.4) is 0 Å². The number of pyridine rings is 1. The van der Waals surface area contributed by atoms with Crippen LogP contribution in [-0.2, 0) is 0 Å². The van der Waals surface area contributed by atoms with Crippen molar-refractivity contribution in [3.8, 4) is 5.88 Å². The van der Waals surface area contributed by atoms with Crippen LogP contribution in [0.25, 0.3) is 0 Å². The van der Waals surface area contributed by atoms with E-state index >= 15 is 0 Å². The van der Waals surface area contributed by atoms with E-state index in [4.69, 9.17) is 0 Å². The van der Waals surface area contributed by atoms with E-state index in [0.29, 0.717) is 18.7 Å². The Kier molecular flexibility index (Phi) is 5.23. The van der Waals surface area contributed by atoms with Crippen molar-refractivity contribution in [2.75, 3.05) is 39.3 Å². The first kappa shape index (κ1) is 16.5. The molecule has 2 heterocycles. The van der Waals surface area contributed by atoms with Gasteiger partial charge >= 0.3 is 6.18 Å². The maximum atomic E-state index is 12.3. The fourth-order valence-corrected chi connectivity index (χ4v) is 2.20. The third-order valence-electron chi connectivity index (χ3n) is 3.47. The lowest BCUT2D eigenvalue weighted by molar-refractivity contribution is -0.154.